The van der Waals surface area contributed by atoms with Crippen molar-refractivity contribution in [2.45, 2.75) is 26.4 Å². The molecule has 5 heteroatoms. The summed E-state index contributed by atoms with van der Waals surface area (Å²) in [6, 6.07) is 15.6. The number of carbonyl (C=O) groups is 1. The Morgan fingerprint density at radius 1 is 1.12 bits per heavy atom. The highest BCUT2D eigenvalue weighted by atomic mass is 32.1. The lowest BCUT2D eigenvalue weighted by Gasteiger charge is -2.25. The van der Waals surface area contributed by atoms with Crippen LogP contribution in [-0.4, -0.2) is 23.2 Å². The van der Waals surface area contributed by atoms with E-state index in [1.807, 2.05) is 48.5 Å². The Bertz CT molecular complexity index is 837. The fraction of sp³-hybridized carbons (Fsp3) is 0.263. The highest BCUT2D eigenvalue weighted by molar-refractivity contribution is 7.21. The molecule has 124 valence electrons. The van der Waals surface area contributed by atoms with Crippen LogP contribution < -0.4 is 4.74 Å². The fourth-order valence-corrected chi connectivity index (χ4v) is 3.34. The number of hydrogen-bond donors (Lipinski definition) is 0. The second-order valence-electron chi connectivity index (χ2n) is 5.82. The molecule has 0 aliphatic heterocycles. The van der Waals surface area contributed by atoms with Crippen molar-refractivity contribution in [2.75, 3.05) is 6.61 Å². The first-order valence-corrected chi connectivity index (χ1v) is 8.64. The summed E-state index contributed by atoms with van der Waals surface area (Å²) in [6.07, 6.45) is 0. The van der Waals surface area contributed by atoms with Crippen LogP contribution in [0, 0.1) is 0 Å². The second kappa shape index (κ2) is 6.61. The Kier molecular flexibility index (Phi) is 4.53. The SMILES string of the molecule is CCOC(=O)C(C)(C)Oc1ccccc1-c1nc2ccccc2s1. The van der Waals surface area contributed by atoms with E-state index in [1.165, 1.54) is 0 Å². The zero-order valence-electron chi connectivity index (χ0n) is 13.9. The third-order valence-corrected chi connectivity index (χ3v) is 4.61. The monoisotopic (exact) mass is 341 g/mol. The van der Waals surface area contributed by atoms with Crippen LogP contribution in [0.25, 0.3) is 20.8 Å². The first-order valence-electron chi connectivity index (χ1n) is 7.82. The molecule has 3 rings (SSSR count). The van der Waals surface area contributed by atoms with Crippen molar-refractivity contribution >= 4 is 27.5 Å². The van der Waals surface area contributed by atoms with Gasteiger partial charge < -0.3 is 9.47 Å². The third kappa shape index (κ3) is 3.26. The zero-order chi connectivity index (χ0) is 17.2. The van der Waals surface area contributed by atoms with Gasteiger partial charge >= 0.3 is 5.97 Å². The smallest absolute Gasteiger partial charge is 0.349 e. The normalized spacial score (nSPS) is 11.5. The van der Waals surface area contributed by atoms with Crippen molar-refractivity contribution in [2.24, 2.45) is 0 Å². The van der Waals surface area contributed by atoms with Crippen LogP contribution in [0.4, 0.5) is 0 Å². The highest BCUT2D eigenvalue weighted by Gasteiger charge is 2.32. The lowest BCUT2D eigenvalue weighted by molar-refractivity contribution is -0.158. The third-order valence-electron chi connectivity index (χ3n) is 3.54. The van der Waals surface area contributed by atoms with E-state index in [1.54, 1.807) is 32.1 Å². The van der Waals surface area contributed by atoms with E-state index in [2.05, 4.69) is 4.98 Å². The van der Waals surface area contributed by atoms with Crippen molar-refractivity contribution in [3.63, 3.8) is 0 Å². The maximum atomic E-state index is 12.1. The summed E-state index contributed by atoms with van der Waals surface area (Å²) in [5, 5.41) is 0.867. The topological polar surface area (TPSA) is 48.4 Å². The molecule has 0 fully saturated rings. The number of rotatable bonds is 5. The van der Waals surface area contributed by atoms with Gasteiger partial charge in [-0.15, -0.1) is 11.3 Å². The molecule has 0 radical (unpaired) electrons. The van der Waals surface area contributed by atoms with Gasteiger partial charge in [-0.05, 0) is 45.0 Å². The van der Waals surface area contributed by atoms with Crippen LogP contribution in [0.5, 0.6) is 5.75 Å². The Morgan fingerprint density at radius 2 is 1.83 bits per heavy atom. The van der Waals surface area contributed by atoms with Gasteiger partial charge in [-0.25, -0.2) is 9.78 Å². The van der Waals surface area contributed by atoms with Crippen LogP contribution in [0.15, 0.2) is 48.5 Å². The van der Waals surface area contributed by atoms with Gasteiger partial charge in [-0.3, -0.25) is 0 Å². The van der Waals surface area contributed by atoms with E-state index in [-0.39, 0.29) is 5.97 Å². The molecule has 2 aromatic carbocycles. The average Bonchev–Trinajstić information content (AvgIpc) is 2.99. The van der Waals surface area contributed by atoms with Crippen LogP contribution in [0.1, 0.15) is 20.8 Å². The van der Waals surface area contributed by atoms with E-state index < -0.39 is 5.60 Å². The largest absolute Gasteiger partial charge is 0.475 e. The Balaban J connectivity index is 1.97. The predicted octanol–water partition coefficient (Wildman–Crippen LogP) is 4.68. The van der Waals surface area contributed by atoms with Gasteiger partial charge in [-0.2, -0.15) is 0 Å². The molecule has 0 aliphatic carbocycles. The molecule has 0 amide bonds. The minimum absolute atomic E-state index is 0.325. The minimum atomic E-state index is -1.07. The summed E-state index contributed by atoms with van der Waals surface area (Å²) >= 11 is 1.60. The van der Waals surface area contributed by atoms with E-state index in [0.29, 0.717) is 12.4 Å². The maximum absolute atomic E-state index is 12.1. The van der Waals surface area contributed by atoms with Crippen LogP contribution in [0.3, 0.4) is 0 Å². The number of benzene rings is 2. The molecule has 24 heavy (non-hydrogen) atoms. The fourth-order valence-electron chi connectivity index (χ4n) is 2.34. The summed E-state index contributed by atoms with van der Waals surface area (Å²) in [6.45, 7) is 5.52. The average molecular weight is 341 g/mol. The number of carbonyl (C=O) groups excluding carboxylic acids is 1. The summed E-state index contributed by atoms with van der Waals surface area (Å²) in [5.74, 6) is 0.235. The first kappa shape index (κ1) is 16.5. The molecule has 1 aromatic heterocycles. The van der Waals surface area contributed by atoms with E-state index in [9.17, 15) is 4.79 Å². The predicted molar refractivity (Wildman–Crippen MR) is 96.4 cm³/mol. The standard InChI is InChI=1S/C19H19NO3S/c1-4-22-18(21)19(2,3)23-15-11-7-5-9-13(15)17-20-14-10-6-8-12-16(14)24-17/h5-12H,4H2,1-3H3. The van der Waals surface area contributed by atoms with E-state index in [4.69, 9.17) is 9.47 Å². The van der Waals surface area contributed by atoms with Crippen molar-refractivity contribution in [1.29, 1.82) is 0 Å². The van der Waals surface area contributed by atoms with Gasteiger partial charge in [0.15, 0.2) is 5.60 Å². The van der Waals surface area contributed by atoms with Gasteiger partial charge in [0.2, 0.25) is 0 Å². The summed E-state index contributed by atoms with van der Waals surface area (Å²) in [4.78, 5) is 16.8. The number of ether oxygens (including phenoxy) is 2. The second-order valence-corrected chi connectivity index (χ2v) is 6.85. The molecule has 0 N–H and O–H groups in total. The summed E-state index contributed by atoms with van der Waals surface area (Å²) in [5.41, 5.74) is 0.760. The molecular weight excluding hydrogens is 322 g/mol. The van der Waals surface area contributed by atoms with Crippen molar-refractivity contribution < 1.29 is 14.3 Å². The lowest BCUT2D eigenvalue weighted by Crippen LogP contribution is -2.39. The van der Waals surface area contributed by atoms with Crippen molar-refractivity contribution in [3.05, 3.63) is 48.5 Å². The summed E-state index contributed by atoms with van der Waals surface area (Å²) in [7, 11) is 0. The molecular formula is C19H19NO3S. The highest BCUT2D eigenvalue weighted by Crippen LogP contribution is 2.37. The Hall–Kier alpha value is -2.40. The van der Waals surface area contributed by atoms with Gasteiger partial charge in [0.05, 0.1) is 22.4 Å². The molecule has 0 unspecified atom stereocenters. The van der Waals surface area contributed by atoms with Gasteiger partial charge in [-0.1, -0.05) is 24.3 Å². The van der Waals surface area contributed by atoms with Gasteiger partial charge in [0.1, 0.15) is 10.8 Å². The molecule has 1 heterocycles. The number of esters is 1. The molecule has 0 atom stereocenters. The van der Waals surface area contributed by atoms with Crippen LogP contribution >= 0.6 is 11.3 Å². The summed E-state index contributed by atoms with van der Waals surface area (Å²) < 4.78 is 12.2. The lowest BCUT2D eigenvalue weighted by atomic mass is 10.1. The minimum Gasteiger partial charge on any atom is -0.475 e. The molecule has 0 saturated carbocycles. The molecule has 4 nitrogen and oxygen atoms in total. The van der Waals surface area contributed by atoms with E-state index in [0.717, 1.165) is 20.8 Å². The molecule has 0 aliphatic rings. The first-order chi connectivity index (χ1) is 11.5. The van der Waals surface area contributed by atoms with E-state index >= 15 is 0 Å². The van der Waals surface area contributed by atoms with Crippen LogP contribution in [-0.2, 0) is 9.53 Å². The number of para-hydroxylation sites is 2. The molecule has 0 spiro atoms. The molecule has 0 saturated heterocycles. The number of nitrogens with zero attached hydrogens (tertiary/aromatic N) is 1. The maximum Gasteiger partial charge on any atom is 0.349 e. The zero-order valence-corrected chi connectivity index (χ0v) is 14.7. The number of hydrogen-bond acceptors (Lipinski definition) is 5. The Labute approximate surface area is 145 Å². The van der Waals surface area contributed by atoms with Gasteiger partial charge in [0.25, 0.3) is 0 Å². The Morgan fingerprint density at radius 3 is 2.58 bits per heavy atom. The quantitative estimate of drug-likeness (QED) is 0.632. The van der Waals surface area contributed by atoms with Gasteiger partial charge in [0, 0.05) is 0 Å². The number of fused-ring (bicyclic) bond motifs is 1. The van der Waals surface area contributed by atoms with Crippen molar-refractivity contribution in [3.8, 4) is 16.3 Å². The number of thiazole rings is 1. The molecule has 3 aromatic rings. The van der Waals surface area contributed by atoms with Crippen LogP contribution in [0.2, 0.25) is 0 Å². The number of aromatic nitrogens is 1. The van der Waals surface area contributed by atoms with Crippen molar-refractivity contribution in [1.82, 2.24) is 4.98 Å². The molecule has 0 bridgehead atoms.